The van der Waals surface area contributed by atoms with Crippen molar-refractivity contribution in [1.82, 2.24) is 0 Å². The van der Waals surface area contributed by atoms with Crippen molar-refractivity contribution in [2.75, 3.05) is 6.61 Å². The predicted octanol–water partition coefficient (Wildman–Crippen LogP) is 3.28. The molecule has 0 bridgehead atoms. The second-order valence-corrected chi connectivity index (χ2v) is 4.18. The first kappa shape index (κ1) is 12.5. The molecule has 0 heterocycles. The maximum Gasteiger partial charge on any atom is 0.338 e. The molecule has 1 aromatic carbocycles. The molecule has 1 aromatic rings. The van der Waals surface area contributed by atoms with Crippen molar-refractivity contribution in [3.05, 3.63) is 35.4 Å². The van der Waals surface area contributed by atoms with Gasteiger partial charge in [-0.05, 0) is 24.6 Å². The number of hydrogen-bond donors (Lipinski definition) is 0. The van der Waals surface area contributed by atoms with E-state index in [0.717, 1.165) is 5.56 Å². The average molecular weight is 335 g/mol. The Morgan fingerprint density at radius 1 is 1.53 bits per heavy atom. The number of ether oxygens (including phenoxy) is 1. The van der Waals surface area contributed by atoms with Crippen LogP contribution in [0.3, 0.4) is 0 Å². The fraction of sp³-hybridized carbons (Fsp3) is 0.200. The Bertz CT molecular complexity index is 351. The first-order chi connectivity index (χ1) is 7.27. The molecule has 15 heavy (non-hydrogen) atoms. The highest BCUT2D eigenvalue weighted by molar-refractivity contribution is 14.2. The normalized spacial score (nSPS) is 10.5. The lowest BCUT2D eigenvalue weighted by Crippen LogP contribution is -2.04. The van der Waals surface area contributed by atoms with E-state index in [4.69, 9.17) is 4.74 Å². The maximum atomic E-state index is 11.3. The van der Waals surface area contributed by atoms with Gasteiger partial charge in [0.15, 0.2) is 0 Å². The molecule has 0 unspecified atom stereocenters. The van der Waals surface area contributed by atoms with Crippen LogP contribution in [0.15, 0.2) is 28.7 Å². The van der Waals surface area contributed by atoms with E-state index in [1.54, 1.807) is 25.3 Å². The van der Waals surface area contributed by atoms with E-state index in [9.17, 15) is 4.79 Å². The lowest BCUT2D eigenvalue weighted by molar-refractivity contribution is 0.0526. The van der Waals surface area contributed by atoms with E-state index < -0.39 is 0 Å². The van der Waals surface area contributed by atoms with Crippen LogP contribution in [0.2, 0.25) is 0 Å². The first-order valence-corrected chi connectivity index (χ1v) is 7.68. The summed E-state index contributed by atoms with van der Waals surface area (Å²) >= 11 is 2.09. The van der Waals surface area contributed by atoms with Crippen LogP contribution < -0.4 is 0 Å². The van der Waals surface area contributed by atoms with Gasteiger partial charge in [0.25, 0.3) is 0 Å². The van der Waals surface area contributed by atoms with Gasteiger partial charge in [-0.1, -0.05) is 12.1 Å². The van der Waals surface area contributed by atoms with Crippen LogP contribution >= 0.6 is 30.3 Å². The quantitative estimate of drug-likeness (QED) is 0.367. The van der Waals surface area contributed by atoms with Crippen molar-refractivity contribution < 1.29 is 9.53 Å². The molecule has 0 aliphatic rings. The van der Waals surface area contributed by atoms with Gasteiger partial charge in [0.2, 0.25) is 0 Å². The molecule has 0 aliphatic carbocycles. The molecule has 0 N–H and O–H groups in total. The minimum atomic E-state index is -0.288. The van der Waals surface area contributed by atoms with Gasteiger partial charge < -0.3 is 4.74 Å². The monoisotopic (exact) mass is 335 g/mol. The molecule has 0 atom stereocenters. The summed E-state index contributed by atoms with van der Waals surface area (Å²) in [5, 5.41) is 0. The van der Waals surface area contributed by atoms with Crippen molar-refractivity contribution in [3.63, 3.8) is 0 Å². The van der Waals surface area contributed by atoms with E-state index in [-0.39, 0.29) is 5.97 Å². The number of benzene rings is 1. The second-order valence-electron chi connectivity index (χ2n) is 2.65. The number of carbonyl (C=O) groups is 1. The van der Waals surface area contributed by atoms with Crippen LogP contribution in [0.5, 0.6) is 0 Å². The highest BCUT2D eigenvalue weighted by Gasteiger charge is 2.04. The summed E-state index contributed by atoms with van der Waals surface area (Å²) in [5.74, 6) is -0.288. The zero-order chi connectivity index (χ0) is 11.1. The molecular formula is C10H10INO2S. The Kier molecular flexibility index (Phi) is 5.70. The molecular weight excluding hydrogens is 325 g/mol. The second kappa shape index (κ2) is 6.84. The van der Waals surface area contributed by atoms with Gasteiger partial charge in [0, 0.05) is 36.5 Å². The molecule has 0 fully saturated rings. The molecule has 0 saturated carbocycles. The van der Waals surface area contributed by atoms with Crippen LogP contribution in [0.25, 0.3) is 0 Å². The minimum absolute atomic E-state index is 0.288. The predicted molar refractivity (Wildman–Crippen MR) is 71.6 cm³/mol. The lowest BCUT2D eigenvalue weighted by Gasteiger charge is -2.01. The van der Waals surface area contributed by atoms with Crippen LogP contribution in [-0.4, -0.2) is 18.8 Å². The Balaban J connectivity index is 2.71. The number of nitrogens with zero attached hydrogens (tertiary/aromatic N) is 1. The minimum Gasteiger partial charge on any atom is -0.462 e. The SMILES string of the molecule is CCOC(=O)c1ccc(C=NSI)cc1. The molecule has 0 amide bonds. The van der Waals surface area contributed by atoms with Gasteiger partial charge in [0.05, 0.1) is 12.2 Å². The van der Waals surface area contributed by atoms with Crippen molar-refractivity contribution >= 4 is 42.5 Å². The van der Waals surface area contributed by atoms with Gasteiger partial charge in [0.1, 0.15) is 0 Å². The number of esters is 1. The summed E-state index contributed by atoms with van der Waals surface area (Å²) < 4.78 is 8.89. The number of hydrogen-bond acceptors (Lipinski definition) is 4. The number of carbonyl (C=O) groups excluding carboxylic acids is 1. The molecule has 0 aliphatic heterocycles. The van der Waals surface area contributed by atoms with Gasteiger partial charge in [-0.3, -0.25) is 0 Å². The van der Waals surface area contributed by atoms with E-state index in [1.165, 1.54) is 9.12 Å². The first-order valence-electron chi connectivity index (χ1n) is 4.36. The summed E-state index contributed by atoms with van der Waals surface area (Å²) in [5.41, 5.74) is 1.53. The zero-order valence-corrected chi connectivity index (χ0v) is 11.1. The van der Waals surface area contributed by atoms with Crippen LogP contribution in [-0.2, 0) is 4.74 Å². The van der Waals surface area contributed by atoms with E-state index in [1.807, 2.05) is 12.1 Å². The average Bonchev–Trinajstić information content (AvgIpc) is 2.27. The lowest BCUT2D eigenvalue weighted by atomic mass is 10.1. The molecule has 1 rings (SSSR count). The number of halogens is 1. The molecule has 0 saturated heterocycles. The Hall–Kier alpha value is -0.560. The van der Waals surface area contributed by atoms with Gasteiger partial charge >= 0.3 is 5.97 Å². The van der Waals surface area contributed by atoms with E-state index in [2.05, 4.69) is 25.6 Å². The van der Waals surface area contributed by atoms with Crippen LogP contribution in [0.1, 0.15) is 22.8 Å². The highest BCUT2D eigenvalue weighted by Crippen LogP contribution is 2.12. The van der Waals surface area contributed by atoms with Crippen molar-refractivity contribution in [2.24, 2.45) is 4.40 Å². The zero-order valence-electron chi connectivity index (χ0n) is 8.14. The third-order valence-corrected chi connectivity index (χ3v) is 2.53. The fourth-order valence-electron chi connectivity index (χ4n) is 1.00. The third-order valence-electron chi connectivity index (χ3n) is 1.66. The molecule has 0 aromatic heterocycles. The molecule has 3 nitrogen and oxygen atoms in total. The van der Waals surface area contributed by atoms with Gasteiger partial charge in [-0.25, -0.2) is 9.19 Å². The van der Waals surface area contributed by atoms with Crippen molar-refractivity contribution in [2.45, 2.75) is 6.92 Å². The summed E-state index contributed by atoms with van der Waals surface area (Å²) in [7, 11) is 1.36. The number of rotatable bonds is 4. The largest absolute Gasteiger partial charge is 0.462 e. The Labute approximate surface area is 105 Å². The fourth-order valence-corrected chi connectivity index (χ4v) is 1.50. The topological polar surface area (TPSA) is 38.7 Å². The summed E-state index contributed by atoms with van der Waals surface area (Å²) in [6.07, 6.45) is 1.74. The standard InChI is InChI=1S/C10H10INO2S/c1-2-14-10(13)9-5-3-8(4-6-9)7-12-15-11/h3-7H,2H2,1H3. The third kappa shape index (κ3) is 4.21. The van der Waals surface area contributed by atoms with Crippen molar-refractivity contribution in [3.8, 4) is 0 Å². The van der Waals surface area contributed by atoms with Crippen molar-refractivity contribution in [1.29, 1.82) is 0 Å². The Morgan fingerprint density at radius 3 is 2.73 bits per heavy atom. The molecule has 0 spiro atoms. The molecule has 5 heteroatoms. The van der Waals surface area contributed by atoms with Crippen LogP contribution in [0.4, 0.5) is 0 Å². The highest BCUT2D eigenvalue weighted by atomic mass is 127. The van der Waals surface area contributed by atoms with Crippen LogP contribution in [0, 0.1) is 0 Å². The van der Waals surface area contributed by atoms with Gasteiger partial charge in [-0.15, -0.1) is 0 Å². The summed E-state index contributed by atoms with van der Waals surface area (Å²) in [4.78, 5) is 11.3. The van der Waals surface area contributed by atoms with Gasteiger partial charge in [-0.2, -0.15) is 0 Å². The smallest absolute Gasteiger partial charge is 0.338 e. The molecule has 80 valence electrons. The van der Waals surface area contributed by atoms with E-state index >= 15 is 0 Å². The van der Waals surface area contributed by atoms with E-state index in [0.29, 0.717) is 12.2 Å². The summed E-state index contributed by atoms with van der Waals surface area (Å²) in [6, 6.07) is 7.14. The maximum absolute atomic E-state index is 11.3. The molecule has 0 radical (unpaired) electrons. The summed E-state index contributed by atoms with van der Waals surface area (Å²) in [6.45, 7) is 2.18. The Morgan fingerprint density at radius 2 is 2.20 bits per heavy atom.